The molecule has 1 aromatic rings. The third-order valence-corrected chi connectivity index (χ3v) is 3.23. The van der Waals surface area contributed by atoms with E-state index < -0.39 is 32.6 Å². The van der Waals surface area contributed by atoms with Gasteiger partial charge in [-0.15, -0.1) is 0 Å². The number of rotatable bonds is 3. The van der Waals surface area contributed by atoms with Gasteiger partial charge in [-0.1, -0.05) is 17.7 Å². The van der Waals surface area contributed by atoms with E-state index in [1.54, 1.807) is 12.1 Å². The summed E-state index contributed by atoms with van der Waals surface area (Å²) in [7, 11) is -7.94. The van der Waals surface area contributed by atoms with Crippen molar-refractivity contribution in [1.29, 1.82) is 0 Å². The number of benzene rings is 1. The van der Waals surface area contributed by atoms with Crippen molar-refractivity contribution in [2.24, 2.45) is 0 Å². The molecule has 0 fully saturated rings. The van der Waals surface area contributed by atoms with Crippen LogP contribution in [0.15, 0.2) is 29.2 Å². The third-order valence-electron chi connectivity index (χ3n) is 1.67. The van der Waals surface area contributed by atoms with E-state index in [9.17, 15) is 16.8 Å². The van der Waals surface area contributed by atoms with Crippen LogP contribution in [-0.4, -0.2) is 43.4 Å². The van der Waals surface area contributed by atoms with E-state index in [1.807, 2.05) is 6.92 Å². The first-order valence-corrected chi connectivity index (χ1v) is 7.71. The summed E-state index contributed by atoms with van der Waals surface area (Å²) in [6.07, 6.45) is 0. The summed E-state index contributed by atoms with van der Waals surface area (Å²) < 4.78 is 56.6. The quantitative estimate of drug-likeness (QED) is 0.675. The van der Waals surface area contributed by atoms with E-state index in [2.05, 4.69) is 0 Å². The Morgan fingerprint density at radius 1 is 1.00 bits per heavy atom. The summed E-state index contributed by atoms with van der Waals surface area (Å²) in [4.78, 5) is -0.0666. The minimum Gasteiger partial charge on any atom is -0.395 e. The molecule has 0 aromatic heterocycles. The molecule has 1 rings (SSSR count). The summed E-state index contributed by atoms with van der Waals surface area (Å²) in [5.41, 5.74) is 0.956. The molecule has 104 valence electrons. The molecule has 0 aliphatic carbocycles. The summed E-state index contributed by atoms with van der Waals surface area (Å²) in [5, 5.41) is 7.86. The molecular weight excluding hydrogens is 284 g/mol. The van der Waals surface area contributed by atoms with Crippen LogP contribution in [0.1, 0.15) is 5.56 Å². The Morgan fingerprint density at radius 2 is 1.44 bits per heavy atom. The smallest absolute Gasteiger partial charge is 0.294 e. The maximum absolute atomic E-state index is 10.5. The first-order valence-electron chi connectivity index (χ1n) is 4.66. The predicted molar refractivity (Wildman–Crippen MR) is 64.5 cm³/mol. The van der Waals surface area contributed by atoms with Crippen molar-refractivity contribution < 1.29 is 31.0 Å². The Labute approximate surface area is 106 Å². The Kier molecular flexibility index (Phi) is 6.43. The van der Waals surface area contributed by atoms with Crippen molar-refractivity contribution in [3.05, 3.63) is 29.8 Å². The standard InChI is InChI=1S/C7H8O3S.C2H6O4S/c1-6-2-4-7(5-3-6)11(8,9)10;3-1-2-7(4,5)6/h2-5H,1H3,(H,8,9,10);3H,1-2H2,(H,4,5,6). The second-order valence-electron chi connectivity index (χ2n) is 3.30. The molecule has 0 spiro atoms. The average Bonchev–Trinajstić information content (AvgIpc) is 2.15. The fraction of sp³-hybridized carbons (Fsp3) is 0.333. The SMILES string of the molecule is Cc1ccc(S(=O)(=O)O)cc1.O=S(=O)(O)CCO. The molecule has 0 aliphatic rings. The van der Waals surface area contributed by atoms with Gasteiger partial charge in [0.05, 0.1) is 17.3 Å². The minimum atomic E-state index is -4.02. The van der Waals surface area contributed by atoms with Crippen LogP contribution in [0, 0.1) is 6.92 Å². The molecule has 0 bridgehead atoms. The first-order chi connectivity index (χ1) is 8.06. The lowest BCUT2D eigenvalue weighted by Gasteiger charge is -1.95. The number of aliphatic hydroxyl groups excluding tert-OH is 1. The number of hydrogen-bond acceptors (Lipinski definition) is 5. The number of aliphatic hydroxyl groups is 1. The molecule has 0 saturated carbocycles. The van der Waals surface area contributed by atoms with E-state index in [0.29, 0.717) is 0 Å². The van der Waals surface area contributed by atoms with Crippen LogP contribution in [0.25, 0.3) is 0 Å². The summed E-state index contributed by atoms with van der Waals surface area (Å²) >= 11 is 0. The van der Waals surface area contributed by atoms with Crippen molar-refractivity contribution >= 4 is 20.2 Å². The Balaban J connectivity index is 0.000000360. The van der Waals surface area contributed by atoms with E-state index in [1.165, 1.54) is 12.1 Å². The highest BCUT2D eigenvalue weighted by Crippen LogP contribution is 2.08. The highest BCUT2D eigenvalue weighted by molar-refractivity contribution is 7.86. The first kappa shape index (κ1) is 17.0. The Hall–Kier alpha value is -1.00. The maximum atomic E-state index is 10.5. The molecule has 0 radical (unpaired) electrons. The lowest BCUT2D eigenvalue weighted by atomic mass is 10.2. The molecule has 0 saturated heterocycles. The predicted octanol–water partition coefficient (Wildman–Crippen LogP) is 0.108. The van der Waals surface area contributed by atoms with Gasteiger partial charge in [-0.05, 0) is 19.1 Å². The molecule has 3 N–H and O–H groups in total. The fourth-order valence-corrected chi connectivity index (χ4v) is 1.54. The van der Waals surface area contributed by atoms with Crippen LogP contribution in [0.3, 0.4) is 0 Å². The summed E-state index contributed by atoms with van der Waals surface area (Å²) in [5.74, 6) is -0.576. The van der Waals surface area contributed by atoms with Crippen molar-refractivity contribution in [1.82, 2.24) is 0 Å². The van der Waals surface area contributed by atoms with E-state index in [-0.39, 0.29) is 4.90 Å². The van der Waals surface area contributed by atoms with Gasteiger partial charge in [0, 0.05) is 0 Å². The minimum absolute atomic E-state index is 0.0666. The molecule has 18 heavy (non-hydrogen) atoms. The number of aryl methyl sites for hydroxylation is 1. The van der Waals surface area contributed by atoms with Gasteiger partial charge in [-0.2, -0.15) is 16.8 Å². The van der Waals surface area contributed by atoms with Gasteiger partial charge >= 0.3 is 0 Å². The zero-order valence-electron chi connectivity index (χ0n) is 9.51. The molecule has 0 unspecified atom stereocenters. The van der Waals surface area contributed by atoms with Crippen molar-refractivity contribution in [2.45, 2.75) is 11.8 Å². The van der Waals surface area contributed by atoms with Gasteiger partial charge in [0.25, 0.3) is 20.2 Å². The van der Waals surface area contributed by atoms with Gasteiger partial charge in [-0.25, -0.2) is 0 Å². The number of hydrogen-bond donors (Lipinski definition) is 3. The summed E-state index contributed by atoms with van der Waals surface area (Å²) in [6, 6.07) is 5.99. The fourth-order valence-electron chi connectivity index (χ4n) is 0.826. The lowest BCUT2D eigenvalue weighted by Crippen LogP contribution is -2.06. The van der Waals surface area contributed by atoms with Gasteiger partial charge in [0.2, 0.25) is 0 Å². The normalized spacial score (nSPS) is 11.6. The zero-order valence-corrected chi connectivity index (χ0v) is 11.1. The molecule has 9 heteroatoms. The molecule has 0 heterocycles. The molecule has 0 atom stereocenters. The molecule has 1 aromatic carbocycles. The van der Waals surface area contributed by atoms with E-state index >= 15 is 0 Å². The molecular formula is C9H14O7S2. The van der Waals surface area contributed by atoms with Gasteiger partial charge in [-0.3, -0.25) is 9.11 Å². The molecule has 0 amide bonds. The summed E-state index contributed by atoms with van der Waals surface area (Å²) in [6.45, 7) is 1.31. The van der Waals surface area contributed by atoms with Crippen LogP contribution in [0.5, 0.6) is 0 Å². The maximum Gasteiger partial charge on any atom is 0.294 e. The van der Waals surface area contributed by atoms with Crippen LogP contribution in [-0.2, 0) is 20.2 Å². The zero-order chi connectivity index (χ0) is 14.4. The second-order valence-corrected chi connectivity index (χ2v) is 6.29. The van der Waals surface area contributed by atoms with Gasteiger partial charge < -0.3 is 5.11 Å². The van der Waals surface area contributed by atoms with Gasteiger partial charge in [0.15, 0.2) is 0 Å². The highest BCUT2D eigenvalue weighted by atomic mass is 32.2. The topological polar surface area (TPSA) is 129 Å². The Bertz CT molecular complexity index is 557. The largest absolute Gasteiger partial charge is 0.395 e. The monoisotopic (exact) mass is 298 g/mol. The average molecular weight is 298 g/mol. The molecule has 7 nitrogen and oxygen atoms in total. The second kappa shape index (κ2) is 6.81. The van der Waals surface area contributed by atoms with Crippen LogP contribution in [0.4, 0.5) is 0 Å². The van der Waals surface area contributed by atoms with Crippen LogP contribution in [0.2, 0.25) is 0 Å². The van der Waals surface area contributed by atoms with Crippen molar-refractivity contribution in [2.75, 3.05) is 12.4 Å². The van der Waals surface area contributed by atoms with E-state index in [0.717, 1.165) is 5.56 Å². The van der Waals surface area contributed by atoms with E-state index in [4.69, 9.17) is 14.2 Å². The van der Waals surface area contributed by atoms with Crippen molar-refractivity contribution in [3.8, 4) is 0 Å². The third kappa shape index (κ3) is 8.14. The van der Waals surface area contributed by atoms with Gasteiger partial charge in [0.1, 0.15) is 0 Å². The highest BCUT2D eigenvalue weighted by Gasteiger charge is 2.06. The van der Waals surface area contributed by atoms with Crippen LogP contribution < -0.4 is 0 Å². The Morgan fingerprint density at radius 3 is 1.67 bits per heavy atom. The molecule has 0 aliphatic heterocycles. The van der Waals surface area contributed by atoms with Crippen molar-refractivity contribution in [3.63, 3.8) is 0 Å². The lowest BCUT2D eigenvalue weighted by molar-refractivity contribution is 0.315. The van der Waals surface area contributed by atoms with Crippen LogP contribution >= 0.6 is 0 Å².